The maximum absolute atomic E-state index is 12.6. The molecular formula is C17H20N4O4. The van der Waals surface area contributed by atoms with E-state index in [0.29, 0.717) is 17.1 Å². The number of rotatable bonds is 5. The zero-order chi connectivity index (χ0) is 18.1. The van der Waals surface area contributed by atoms with Crippen molar-refractivity contribution in [2.24, 2.45) is 5.11 Å². The van der Waals surface area contributed by atoms with Crippen molar-refractivity contribution >= 4 is 5.91 Å². The third kappa shape index (κ3) is 3.26. The summed E-state index contributed by atoms with van der Waals surface area (Å²) in [7, 11) is 1.71. The zero-order valence-electron chi connectivity index (χ0n) is 14.4. The molecule has 0 aromatic heterocycles. The molecule has 2 aliphatic heterocycles. The number of fused-ring (bicyclic) bond motifs is 1. The zero-order valence-corrected chi connectivity index (χ0v) is 14.4. The van der Waals surface area contributed by atoms with Crippen LogP contribution < -0.4 is 0 Å². The highest BCUT2D eigenvalue weighted by Gasteiger charge is 2.57. The average molecular weight is 344 g/mol. The Hall–Kier alpha value is -2.70. The van der Waals surface area contributed by atoms with E-state index < -0.39 is 11.4 Å². The summed E-state index contributed by atoms with van der Waals surface area (Å²) in [4.78, 5) is 17.0. The lowest BCUT2D eigenvalue weighted by molar-refractivity contribution is -0.174. The molecule has 8 heteroatoms. The number of azide groups is 1. The maximum atomic E-state index is 12.6. The van der Waals surface area contributed by atoms with Crippen LogP contribution >= 0.6 is 0 Å². The second-order valence-corrected chi connectivity index (χ2v) is 6.56. The van der Waals surface area contributed by atoms with Gasteiger partial charge in [0.15, 0.2) is 11.4 Å². The Morgan fingerprint density at radius 3 is 2.76 bits per heavy atom. The summed E-state index contributed by atoms with van der Waals surface area (Å²) in [6.07, 6.45) is 0. The van der Waals surface area contributed by atoms with Crippen molar-refractivity contribution in [2.45, 2.75) is 25.2 Å². The Morgan fingerprint density at radius 1 is 1.36 bits per heavy atom. The molecule has 2 heterocycles. The fourth-order valence-corrected chi connectivity index (χ4v) is 3.17. The number of amides is 1. The Labute approximate surface area is 145 Å². The van der Waals surface area contributed by atoms with Gasteiger partial charge >= 0.3 is 0 Å². The quantitative estimate of drug-likeness (QED) is 0.466. The molecule has 2 aliphatic rings. The molecule has 8 nitrogen and oxygen atoms in total. The average Bonchev–Trinajstić information content (AvgIpc) is 3.02. The Balaban J connectivity index is 1.85. The van der Waals surface area contributed by atoms with E-state index >= 15 is 0 Å². The van der Waals surface area contributed by atoms with Crippen molar-refractivity contribution < 1.29 is 19.0 Å². The smallest absolute Gasteiger partial charge is 0.253 e. The van der Waals surface area contributed by atoms with Gasteiger partial charge in [-0.15, -0.1) is 0 Å². The van der Waals surface area contributed by atoms with Crippen molar-refractivity contribution in [1.82, 2.24) is 4.90 Å². The van der Waals surface area contributed by atoms with Gasteiger partial charge < -0.3 is 19.1 Å². The standard InChI is InChI=1S/C17H20N4O4/c1-16(2)24-14-13(9-19-20-18)23-11-17(14,25-16)10-21(3)15(22)12-7-5-4-6-8-12/h4-8H,9-11H2,1-3H3/t17-/m0/s1. The second kappa shape index (κ2) is 6.31. The highest BCUT2D eigenvalue weighted by molar-refractivity contribution is 5.94. The first-order chi connectivity index (χ1) is 11.9. The number of carbonyl (C=O) groups is 1. The van der Waals surface area contributed by atoms with Crippen LogP contribution in [0, 0.1) is 0 Å². The lowest BCUT2D eigenvalue weighted by atomic mass is 10.0. The van der Waals surface area contributed by atoms with E-state index in [0.717, 1.165) is 0 Å². The van der Waals surface area contributed by atoms with Crippen LogP contribution in [-0.2, 0) is 14.2 Å². The predicted molar refractivity (Wildman–Crippen MR) is 89.4 cm³/mol. The molecule has 0 saturated carbocycles. The molecule has 0 spiro atoms. The van der Waals surface area contributed by atoms with Crippen LogP contribution in [0.4, 0.5) is 0 Å². The first-order valence-corrected chi connectivity index (χ1v) is 7.94. The van der Waals surface area contributed by atoms with Crippen molar-refractivity contribution in [3.05, 3.63) is 57.9 Å². The molecule has 0 unspecified atom stereocenters. The van der Waals surface area contributed by atoms with E-state index in [-0.39, 0.29) is 25.6 Å². The third-order valence-corrected chi connectivity index (χ3v) is 4.07. The van der Waals surface area contributed by atoms with Gasteiger partial charge in [0, 0.05) is 31.4 Å². The molecule has 0 bridgehead atoms. The molecule has 132 valence electrons. The van der Waals surface area contributed by atoms with Crippen LogP contribution in [0.1, 0.15) is 24.2 Å². The Bertz CT molecular complexity index is 755. The lowest BCUT2D eigenvalue weighted by Gasteiger charge is -2.29. The molecule has 1 aromatic carbocycles. The number of likely N-dealkylation sites (N-methyl/N-ethyl adjacent to an activating group) is 1. The molecule has 1 amide bonds. The van der Waals surface area contributed by atoms with Gasteiger partial charge in [0.1, 0.15) is 12.4 Å². The first kappa shape index (κ1) is 17.1. The molecule has 3 rings (SSSR count). The summed E-state index contributed by atoms with van der Waals surface area (Å²) >= 11 is 0. The lowest BCUT2D eigenvalue weighted by Crippen LogP contribution is -2.47. The highest BCUT2D eigenvalue weighted by atomic mass is 16.8. The number of ether oxygens (including phenoxy) is 3. The minimum absolute atomic E-state index is 0.0450. The molecule has 1 atom stereocenters. The van der Waals surface area contributed by atoms with Crippen molar-refractivity contribution in [3.8, 4) is 0 Å². The minimum atomic E-state index is -0.900. The third-order valence-electron chi connectivity index (χ3n) is 4.07. The number of hydrogen-bond acceptors (Lipinski definition) is 5. The summed E-state index contributed by atoms with van der Waals surface area (Å²) in [6, 6.07) is 9.03. The van der Waals surface area contributed by atoms with E-state index in [2.05, 4.69) is 10.0 Å². The van der Waals surface area contributed by atoms with Gasteiger partial charge in [-0.3, -0.25) is 4.79 Å². The second-order valence-electron chi connectivity index (χ2n) is 6.56. The molecule has 0 radical (unpaired) electrons. The molecule has 1 aromatic rings. The molecule has 1 fully saturated rings. The van der Waals surface area contributed by atoms with Crippen LogP contribution in [0.3, 0.4) is 0 Å². The van der Waals surface area contributed by atoms with Crippen molar-refractivity contribution in [3.63, 3.8) is 0 Å². The maximum Gasteiger partial charge on any atom is 0.253 e. The first-order valence-electron chi connectivity index (χ1n) is 7.94. The predicted octanol–water partition coefficient (Wildman–Crippen LogP) is 2.83. The van der Waals surface area contributed by atoms with Crippen molar-refractivity contribution in [1.29, 1.82) is 0 Å². The van der Waals surface area contributed by atoms with Gasteiger partial charge in [0.25, 0.3) is 5.91 Å². The van der Waals surface area contributed by atoms with E-state index in [1.54, 1.807) is 37.9 Å². The van der Waals surface area contributed by atoms with Gasteiger partial charge in [-0.05, 0) is 17.7 Å². The largest absolute Gasteiger partial charge is 0.491 e. The summed E-state index contributed by atoms with van der Waals surface area (Å²) < 4.78 is 17.6. The van der Waals surface area contributed by atoms with Crippen LogP contribution in [0.15, 0.2) is 47.0 Å². The Kier molecular flexibility index (Phi) is 4.32. The van der Waals surface area contributed by atoms with Gasteiger partial charge in [-0.25, -0.2) is 0 Å². The SMILES string of the molecule is CN(C[C@]12COC(CN=[N+]=[N-])=C1OC(C)(C)O2)C(=O)c1ccccc1. The van der Waals surface area contributed by atoms with Crippen LogP contribution in [-0.4, -0.2) is 48.9 Å². The van der Waals surface area contributed by atoms with E-state index in [1.807, 2.05) is 18.2 Å². The monoisotopic (exact) mass is 344 g/mol. The minimum Gasteiger partial charge on any atom is -0.491 e. The van der Waals surface area contributed by atoms with Gasteiger partial charge in [0.2, 0.25) is 5.79 Å². The number of nitrogens with zero attached hydrogens (tertiary/aromatic N) is 4. The molecule has 0 aliphatic carbocycles. The van der Waals surface area contributed by atoms with Gasteiger partial charge in [-0.2, -0.15) is 0 Å². The van der Waals surface area contributed by atoms with Crippen LogP contribution in [0.5, 0.6) is 0 Å². The van der Waals surface area contributed by atoms with E-state index in [4.69, 9.17) is 19.7 Å². The summed E-state index contributed by atoms with van der Waals surface area (Å²) in [5.74, 6) is -0.0233. The van der Waals surface area contributed by atoms with Gasteiger partial charge in [-0.1, -0.05) is 23.3 Å². The normalized spacial score (nSPS) is 23.3. The topological polar surface area (TPSA) is 96.8 Å². The summed E-state index contributed by atoms with van der Waals surface area (Å²) in [6.45, 7) is 4.10. The molecule has 25 heavy (non-hydrogen) atoms. The van der Waals surface area contributed by atoms with Crippen LogP contribution in [0.25, 0.3) is 10.4 Å². The fourth-order valence-electron chi connectivity index (χ4n) is 3.17. The highest BCUT2D eigenvalue weighted by Crippen LogP contribution is 2.46. The fraction of sp³-hybridized carbons (Fsp3) is 0.471. The van der Waals surface area contributed by atoms with E-state index in [1.165, 1.54) is 0 Å². The summed E-state index contributed by atoms with van der Waals surface area (Å²) in [5, 5.41) is 3.54. The van der Waals surface area contributed by atoms with Crippen LogP contribution in [0.2, 0.25) is 0 Å². The van der Waals surface area contributed by atoms with Gasteiger partial charge in [0.05, 0.1) is 13.1 Å². The number of benzene rings is 1. The van der Waals surface area contributed by atoms with Crippen molar-refractivity contribution in [2.75, 3.05) is 26.7 Å². The Morgan fingerprint density at radius 2 is 2.08 bits per heavy atom. The number of carbonyl (C=O) groups excluding carboxylic acids is 1. The number of hydrogen-bond donors (Lipinski definition) is 0. The van der Waals surface area contributed by atoms with E-state index in [9.17, 15) is 4.79 Å². The molecule has 1 saturated heterocycles. The molecular weight excluding hydrogens is 324 g/mol. The molecule has 0 N–H and O–H groups in total. The summed E-state index contributed by atoms with van der Waals surface area (Å²) in [5.41, 5.74) is 8.23.